The molecule has 4 aromatic rings. The van der Waals surface area contributed by atoms with E-state index in [2.05, 4.69) is 26.0 Å². The van der Waals surface area contributed by atoms with Crippen molar-refractivity contribution in [2.45, 2.75) is 108 Å². The monoisotopic (exact) mass is 928 g/mol. The summed E-state index contributed by atoms with van der Waals surface area (Å²) in [5, 5.41) is 15.5. The predicted octanol–water partition coefficient (Wildman–Crippen LogP) is 6.26. The smallest absolute Gasteiger partial charge is 0.266 e. The number of allylic oxidation sites excluding steroid dienone is 1. The van der Waals surface area contributed by atoms with Crippen molar-refractivity contribution in [1.82, 2.24) is 30.2 Å². The minimum absolute atomic E-state index is 0.00574. The Bertz CT molecular complexity index is 2550. The number of rotatable bonds is 13. The molecule has 0 spiro atoms. The molecule has 2 aromatic heterocycles. The maximum atomic E-state index is 14.8. The molecule has 5 atom stereocenters. The fourth-order valence-electron chi connectivity index (χ4n) is 8.66. The van der Waals surface area contributed by atoms with Gasteiger partial charge in [-0.05, 0) is 76.1 Å². The average molecular weight is 929 g/mol. The minimum Gasteiger partial charge on any atom is -0.497 e. The van der Waals surface area contributed by atoms with Crippen LogP contribution in [0.15, 0.2) is 71.0 Å². The number of carbonyl (C=O) groups excluding carboxylic acids is 4. The van der Waals surface area contributed by atoms with Crippen molar-refractivity contribution in [3.63, 3.8) is 0 Å². The number of fused-ring (bicyclic) bond motifs is 3. The van der Waals surface area contributed by atoms with Crippen molar-refractivity contribution in [3.05, 3.63) is 66.1 Å². The molecule has 4 heterocycles. The highest BCUT2D eigenvalue weighted by atomic mass is 32.2. The van der Waals surface area contributed by atoms with Gasteiger partial charge in [-0.1, -0.05) is 44.6 Å². The molecule has 3 aliphatic rings. The van der Waals surface area contributed by atoms with Gasteiger partial charge in [-0.15, -0.1) is 11.3 Å². The van der Waals surface area contributed by atoms with Gasteiger partial charge in [-0.25, -0.2) is 23.1 Å². The van der Waals surface area contributed by atoms with Gasteiger partial charge in [-0.2, -0.15) is 0 Å². The quantitative estimate of drug-likeness (QED) is 0.0942. The van der Waals surface area contributed by atoms with Crippen molar-refractivity contribution >= 4 is 66.7 Å². The Morgan fingerprint density at radius 3 is 2.58 bits per heavy atom. The molecule has 0 unspecified atom stereocenters. The Balaban J connectivity index is 1.21. The zero-order valence-corrected chi connectivity index (χ0v) is 39.4. The van der Waals surface area contributed by atoms with Crippen LogP contribution in [0, 0.1) is 17.8 Å². The molecule has 4 amide bonds. The number of aromatic nitrogens is 2. The number of hydrogen-bond acceptors (Lipinski definition) is 13. The summed E-state index contributed by atoms with van der Waals surface area (Å²) in [5.41, 5.74) is 0.529. The summed E-state index contributed by atoms with van der Waals surface area (Å²) in [6.07, 6.45) is 7.00. The highest BCUT2D eigenvalue weighted by Crippen LogP contribution is 2.46. The van der Waals surface area contributed by atoms with Gasteiger partial charge in [0.25, 0.3) is 15.9 Å². The van der Waals surface area contributed by atoms with E-state index in [9.17, 15) is 27.6 Å². The van der Waals surface area contributed by atoms with E-state index < -0.39 is 57.3 Å². The van der Waals surface area contributed by atoms with Gasteiger partial charge in [0, 0.05) is 67.2 Å². The summed E-state index contributed by atoms with van der Waals surface area (Å²) >= 11 is 1.45. The summed E-state index contributed by atoms with van der Waals surface area (Å²) in [5.74, 6) is -2.21. The number of nitrogens with zero attached hydrogens (tertiary/aromatic N) is 3. The van der Waals surface area contributed by atoms with E-state index in [4.69, 9.17) is 19.4 Å². The summed E-state index contributed by atoms with van der Waals surface area (Å²) in [6, 6.07) is 12.7. The highest BCUT2D eigenvalue weighted by molar-refractivity contribution is 7.90. The van der Waals surface area contributed by atoms with Gasteiger partial charge in [0.05, 0.1) is 30.6 Å². The number of thiazole rings is 1. The number of ether oxygens (including phenoxy) is 2. The molecule has 1 aliphatic carbocycles. The number of sulfonamides is 1. The average Bonchev–Trinajstić information content (AvgIpc) is 3.53. The molecule has 1 saturated heterocycles. The van der Waals surface area contributed by atoms with Crippen LogP contribution in [0.25, 0.3) is 22.3 Å². The van der Waals surface area contributed by atoms with E-state index in [-0.39, 0.29) is 48.6 Å². The molecule has 1 saturated carbocycles. The summed E-state index contributed by atoms with van der Waals surface area (Å²) < 4.78 is 42.3. The van der Waals surface area contributed by atoms with Crippen molar-refractivity contribution in [3.8, 4) is 22.9 Å². The molecule has 18 heteroatoms. The van der Waals surface area contributed by atoms with Crippen LogP contribution in [-0.2, 0) is 29.2 Å². The van der Waals surface area contributed by atoms with Crippen LogP contribution in [0.5, 0.6) is 11.5 Å². The molecule has 2 aliphatic heterocycles. The van der Waals surface area contributed by atoms with Crippen LogP contribution in [-0.4, -0.2) is 97.9 Å². The van der Waals surface area contributed by atoms with Gasteiger partial charge < -0.3 is 35.6 Å². The first kappa shape index (κ1) is 47.2. The zero-order valence-electron chi connectivity index (χ0n) is 37.8. The third-order valence-corrected chi connectivity index (χ3v) is 14.2. The first-order valence-electron chi connectivity index (χ1n) is 22.4. The number of nitrogens with one attached hydrogen (secondary N) is 5. The lowest BCUT2D eigenvalue weighted by Gasteiger charge is -2.28. The van der Waals surface area contributed by atoms with E-state index in [0.29, 0.717) is 52.4 Å². The van der Waals surface area contributed by atoms with Crippen molar-refractivity contribution < 1.29 is 37.1 Å². The summed E-state index contributed by atoms with van der Waals surface area (Å²) in [7, 11) is -1.28. The van der Waals surface area contributed by atoms with Crippen molar-refractivity contribution in [2.75, 3.05) is 37.9 Å². The fraction of sp³-hybridized carbons (Fsp3) is 0.489. The Labute approximate surface area is 384 Å². The Kier molecular flexibility index (Phi) is 14.7. The van der Waals surface area contributed by atoms with Gasteiger partial charge in [-0.3, -0.25) is 19.2 Å². The number of methoxy groups -OCH3 is 1. The molecule has 0 bridgehead atoms. The molecule has 0 radical (unpaired) electrons. The minimum atomic E-state index is -4.38. The number of hydrogen-bond donors (Lipinski definition) is 5. The Morgan fingerprint density at radius 2 is 1.83 bits per heavy atom. The maximum Gasteiger partial charge on any atom is 0.266 e. The van der Waals surface area contributed by atoms with Crippen molar-refractivity contribution in [1.29, 1.82) is 0 Å². The lowest BCUT2D eigenvalue weighted by atomic mass is 9.92. The van der Waals surface area contributed by atoms with E-state index >= 15 is 0 Å². The Hall–Kier alpha value is -5.75. The van der Waals surface area contributed by atoms with E-state index in [0.717, 1.165) is 30.8 Å². The lowest BCUT2D eigenvalue weighted by Crippen LogP contribution is -2.56. The fourth-order valence-corrected chi connectivity index (χ4v) is 10.7. The molecule has 2 aromatic carbocycles. The van der Waals surface area contributed by atoms with E-state index in [1.165, 1.54) is 29.4 Å². The van der Waals surface area contributed by atoms with Crippen LogP contribution in [0.3, 0.4) is 0 Å². The molecule has 348 valence electrons. The SMILES string of the molecule is CNC(=O)[C@@H](CC(=O)N1C[C@H](Oc2cc(-c3csc(NC(C)C)n3)nc3cc(OC)ccc23)C[C@H]1C(=O)N[C@]12C[C@H]1C=CCCCCCNc1ccccc1S(=O)(=O)NC2=O)CC(C)C. The number of likely N-dealkylation sites (tertiary alicyclic amines) is 1. The molecule has 2 fully saturated rings. The maximum absolute atomic E-state index is 14.8. The van der Waals surface area contributed by atoms with Crippen LogP contribution in [0.2, 0.25) is 0 Å². The number of para-hydroxylation sites is 1. The second kappa shape index (κ2) is 20.2. The lowest BCUT2D eigenvalue weighted by molar-refractivity contribution is -0.142. The van der Waals surface area contributed by atoms with Crippen molar-refractivity contribution in [2.24, 2.45) is 17.8 Å². The van der Waals surface area contributed by atoms with Crippen LogP contribution in [0.1, 0.15) is 79.1 Å². The largest absolute Gasteiger partial charge is 0.497 e. The number of amides is 4. The molecule has 7 rings (SSSR count). The molecule has 65 heavy (non-hydrogen) atoms. The van der Waals surface area contributed by atoms with E-state index in [1.807, 2.05) is 51.3 Å². The normalized spacial score (nSPS) is 22.4. The van der Waals surface area contributed by atoms with Gasteiger partial charge in [0.15, 0.2) is 5.13 Å². The second-order valence-electron chi connectivity index (χ2n) is 17.8. The molecular weight excluding hydrogens is 869 g/mol. The Morgan fingerprint density at radius 1 is 1.03 bits per heavy atom. The standard InChI is InChI=1S/C47H60N8O8S2/c1-28(2)20-30(43(57)48-5)21-42(56)55-26-33(63-40-24-37(38-27-64-46(52-38)50-29(3)4)51-36-22-32(62-6)17-18-34(36)40)23-39(55)44(58)53-47-25-31(47)14-10-8-7-9-13-19-49-35-15-11-12-16-41(35)65(60,61)54-45(47)59/h10-12,14-18,22,24,27-31,33,39,49H,7-9,13,19-21,23,25-26H2,1-6H3,(H,48,57)(H,50,52)(H,53,58)(H,54,59)/t30-,31-,33-,39+,47-/m1/s1. The molecule has 5 N–H and O–H groups in total. The van der Waals surface area contributed by atoms with Crippen LogP contribution < -0.4 is 35.5 Å². The number of pyridine rings is 1. The third kappa shape index (κ3) is 11.0. The summed E-state index contributed by atoms with van der Waals surface area (Å²) in [6.45, 7) is 8.56. The van der Waals surface area contributed by atoms with E-state index in [1.54, 1.807) is 43.5 Å². The predicted molar refractivity (Wildman–Crippen MR) is 251 cm³/mol. The highest BCUT2D eigenvalue weighted by Gasteiger charge is 2.61. The molecular formula is C47H60N8O8S2. The zero-order chi connectivity index (χ0) is 46.5. The van der Waals surface area contributed by atoms with Gasteiger partial charge in [0.1, 0.15) is 39.8 Å². The topological polar surface area (TPSA) is 210 Å². The number of benzene rings is 2. The first-order chi connectivity index (χ1) is 31.1. The number of carbonyl (C=O) groups is 4. The van der Waals surface area contributed by atoms with Gasteiger partial charge >= 0.3 is 0 Å². The first-order valence-corrected chi connectivity index (χ1v) is 24.7. The van der Waals surface area contributed by atoms with Gasteiger partial charge in [0.2, 0.25) is 17.7 Å². The molecule has 16 nitrogen and oxygen atoms in total. The third-order valence-electron chi connectivity index (χ3n) is 12.0. The number of anilines is 2. The van der Waals surface area contributed by atoms with Crippen LogP contribution in [0.4, 0.5) is 10.8 Å². The van der Waals surface area contributed by atoms with Crippen LogP contribution >= 0.6 is 11.3 Å². The second-order valence-corrected chi connectivity index (χ2v) is 20.3. The summed E-state index contributed by atoms with van der Waals surface area (Å²) in [4.78, 5) is 67.7.